The van der Waals surface area contributed by atoms with Crippen LogP contribution < -0.4 is 5.73 Å². The van der Waals surface area contributed by atoms with Gasteiger partial charge in [-0.25, -0.2) is 8.42 Å². The van der Waals surface area contributed by atoms with Gasteiger partial charge in [-0.2, -0.15) is 0 Å². The highest BCUT2D eigenvalue weighted by atomic mass is 32.2. The van der Waals surface area contributed by atoms with E-state index in [0.717, 1.165) is 32.6 Å². The maximum atomic E-state index is 11.5. The molecule has 0 aliphatic carbocycles. The summed E-state index contributed by atoms with van der Waals surface area (Å²) in [5, 5.41) is 0. The second-order valence-electron chi connectivity index (χ2n) is 5.21. The van der Waals surface area contributed by atoms with Gasteiger partial charge in [0.15, 0.2) is 9.84 Å². The number of nitrogens with zero attached hydrogens (tertiary/aromatic N) is 2. The zero-order valence-corrected chi connectivity index (χ0v) is 12.3. The molecule has 104 valence electrons. The molecule has 0 aromatic rings. The number of hydrogen-bond donors (Lipinski definition) is 1. The Morgan fingerprint density at radius 1 is 1.33 bits per heavy atom. The molecule has 0 spiro atoms. The molecule has 0 radical (unpaired) electrons. The van der Waals surface area contributed by atoms with Crippen LogP contribution in [-0.4, -0.2) is 73.0 Å². The van der Waals surface area contributed by atoms with Crippen LogP contribution in [0.1, 0.15) is 13.3 Å². The minimum atomic E-state index is -2.78. The van der Waals surface area contributed by atoms with E-state index in [0.29, 0.717) is 16.5 Å². The predicted molar refractivity (Wildman–Crippen MR) is 76.5 cm³/mol. The van der Waals surface area contributed by atoms with E-state index in [1.165, 1.54) is 0 Å². The van der Waals surface area contributed by atoms with Crippen LogP contribution in [0.3, 0.4) is 0 Å². The number of sulfone groups is 1. The van der Waals surface area contributed by atoms with Gasteiger partial charge < -0.3 is 5.73 Å². The number of thiocarbonyl (C=S) groups is 1. The van der Waals surface area contributed by atoms with Gasteiger partial charge in [0.2, 0.25) is 0 Å². The van der Waals surface area contributed by atoms with Gasteiger partial charge in [0.1, 0.15) is 0 Å². The van der Waals surface area contributed by atoms with Crippen LogP contribution in [0.15, 0.2) is 0 Å². The third kappa shape index (κ3) is 3.20. The lowest BCUT2D eigenvalue weighted by Crippen LogP contribution is -2.55. The van der Waals surface area contributed by atoms with E-state index in [1.807, 2.05) is 6.92 Å². The summed E-state index contributed by atoms with van der Waals surface area (Å²) in [5.41, 5.74) is 5.66. The van der Waals surface area contributed by atoms with Crippen molar-refractivity contribution < 1.29 is 8.42 Å². The van der Waals surface area contributed by atoms with Crippen LogP contribution >= 0.6 is 12.2 Å². The lowest BCUT2D eigenvalue weighted by atomic mass is 10.1. The Bertz CT molecular complexity index is 416. The molecule has 0 aromatic carbocycles. The van der Waals surface area contributed by atoms with Gasteiger partial charge in [-0.1, -0.05) is 12.2 Å². The molecular formula is C11H21N3O2S2. The molecular weight excluding hydrogens is 270 g/mol. The molecule has 7 heteroatoms. The fourth-order valence-electron chi connectivity index (χ4n) is 2.73. The maximum absolute atomic E-state index is 11.5. The van der Waals surface area contributed by atoms with E-state index in [4.69, 9.17) is 18.0 Å². The van der Waals surface area contributed by atoms with E-state index < -0.39 is 9.84 Å². The van der Waals surface area contributed by atoms with Gasteiger partial charge >= 0.3 is 0 Å². The first-order valence-electron chi connectivity index (χ1n) is 6.37. The summed E-state index contributed by atoms with van der Waals surface area (Å²) in [7, 11) is -2.78. The van der Waals surface area contributed by atoms with Crippen LogP contribution in [0.2, 0.25) is 0 Å². The Kier molecular flexibility index (Phi) is 4.25. The minimum Gasteiger partial charge on any atom is -0.392 e. The van der Waals surface area contributed by atoms with Gasteiger partial charge in [-0.15, -0.1) is 0 Å². The molecule has 0 amide bonds. The minimum absolute atomic E-state index is 0.134. The van der Waals surface area contributed by atoms with Crippen LogP contribution in [0.4, 0.5) is 0 Å². The lowest BCUT2D eigenvalue weighted by molar-refractivity contribution is 0.0967. The molecule has 2 saturated heterocycles. The highest BCUT2D eigenvalue weighted by molar-refractivity contribution is 7.91. The van der Waals surface area contributed by atoms with Crippen LogP contribution in [0.25, 0.3) is 0 Å². The molecule has 2 heterocycles. The smallest absolute Gasteiger partial charge is 0.151 e. The number of nitrogens with two attached hydrogens (primary N) is 1. The molecule has 2 rings (SSSR count). The van der Waals surface area contributed by atoms with Gasteiger partial charge in [-0.05, 0) is 13.3 Å². The summed E-state index contributed by atoms with van der Waals surface area (Å²) < 4.78 is 22.9. The fourth-order valence-corrected chi connectivity index (χ4v) is 4.64. The summed E-state index contributed by atoms with van der Waals surface area (Å²) in [5.74, 6) is 0.680. The lowest BCUT2D eigenvalue weighted by Gasteiger charge is -2.39. The van der Waals surface area contributed by atoms with E-state index in [2.05, 4.69) is 9.80 Å². The van der Waals surface area contributed by atoms with Gasteiger partial charge in [0, 0.05) is 32.2 Å². The highest BCUT2D eigenvalue weighted by Gasteiger charge is 2.34. The van der Waals surface area contributed by atoms with Gasteiger partial charge in [-0.3, -0.25) is 9.80 Å². The molecule has 0 bridgehead atoms. The molecule has 18 heavy (non-hydrogen) atoms. The van der Waals surface area contributed by atoms with Crippen molar-refractivity contribution in [1.82, 2.24) is 9.80 Å². The molecule has 2 atom stereocenters. The average Bonchev–Trinajstić information content (AvgIpc) is 2.69. The fraction of sp³-hybridized carbons (Fsp3) is 0.909. The van der Waals surface area contributed by atoms with E-state index >= 15 is 0 Å². The summed E-state index contributed by atoms with van der Waals surface area (Å²) in [6.07, 6.45) is 0.785. The quantitative estimate of drug-likeness (QED) is 0.705. The first-order chi connectivity index (χ1) is 8.39. The van der Waals surface area contributed by atoms with E-state index in [-0.39, 0.29) is 12.1 Å². The van der Waals surface area contributed by atoms with Crippen molar-refractivity contribution in [1.29, 1.82) is 0 Å². The van der Waals surface area contributed by atoms with Crippen LogP contribution in [0.5, 0.6) is 0 Å². The number of rotatable bonds is 3. The van der Waals surface area contributed by atoms with Crippen LogP contribution in [-0.2, 0) is 9.84 Å². The summed E-state index contributed by atoms with van der Waals surface area (Å²) >= 11 is 5.01. The standard InChI is InChI=1S/C11H21N3O2S2/c1-9(11(12)17)13-3-5-14(6-4-13)10-2-7-18(15,16)8-10/h9-10H,2-8H2,1H3,(H2,12,17). The first-order valence-corrected chi connectivity index (χ1v) is 8.60. The second kappa shape index (κ2) is 5.40. The first kappa shape index (κ1) is 14.2. The average molecular weight is 291 g/mol. The Balaban J connectivity index is 1.86. The molecule has 0 aromatic heterocycles. The summed E-state index contributed by atoms with van der Waals surface area (Å²) in [4.78, 5) is 5.10. The molecule has 5 nitrogen and oxygen atoms in total. The normalized spacial score (nSPS) is 31.3. The summed E-state index contributed by atoms with van der Waals surface area (Å²) in [6, 6.07) is 0.353. The van der Waals surface area contributed by atoms with Crippen molar-refractivity contribution in [2.24, 2.45) is 5.73 Å². The summed E-state index contributed by atoms with van der Waals surface area (Å²) in [6.45, 7) is 5.67. The van der Waals surface area contributed by atoms with Gasteiger partial charge in [0.25, 0.3) is 0 Å². The number of hydrogen-bond acceptors (Lipinski definition) is 5. The van der Waals surface area contributed by atoms with E-state index in [9.17, 15) is 8.42 Å². The third-order valence-electron chi connectivity index (χ3n) is 4.03. The molecule has 2 aliphatic rings. The van der Waals surface area contributed by atoms with Crippen molar-refractivity contribution in [3.05, 3.63) is 0 Å². The third-order valence-corrected chi connectivity index (χ3v) is 6.12. The van der Waals surface area contributed by atoms with Crippen molar-refractivity contribution >= 4 is 27.0 Å². The Morgan fingerprint density at radius 2 is 1.94 bits per heavy atom. The zero-order chi connectivity index (χ0) is 13.3. The van der Waals surface area contributed by atoms with Crippen molar-refractivity contribution in [2.45, 2.75) is 25.4 Å². The van der Waals surface area contributed by atoms with Crippen molar-refractivity contribution in [3.63, 3.8) is 0 Å². The Morgan fingerprint density at radius 3 is 2.39 bits per heavy atom. The molecule has 2 N–H and O–H groups in total. The van der Waals surface area contributed by atoms with Crippen molar-refractivity contribution in [2.75, 3.05) is 37.7 Å². The molecule has 2 fully saturated rings. The molecule has 2 aliphatic heterocycles. The monoisotopic (exact) mass is 291 g/mol. The second-order valence-corrected chi connectivity index (χ2v) is 7.91. The predicted octanol–water partition coefficient (Wildman–Crippen LogP) is -0.534. The zero-order valence-electron chi connectivity index (χ0n) is 10.7. The number of piperazine rings is 1. The highest BCUT2D eigenvalue weighted by Crippen LogP contribution is 2.19. The maximum Gasteiger partial charge on any atom is 0.151 e. The van der Waals surface area contributed by atoms with Gasteiger partial charge in [0.05, 0.1) is 22.5 Å². The molecule has 0 saturated carbocycles. The SMILES string of the molecule is CC(C(N)=S)N1CCN(C2CCS(=O)(=O)C2)CC1. The topological polar surface area (TPSA) is 66.6 Å². The Labute approximate surface area is 114 Å². The van der Waals surface area contributed by atoms with Crippen molar-refractivity contribution in [3.8, 4) is 0 Å². The largest absolute Gasteiger partial charge is 0.392 e. The van der Waals surface area contributed by atoms with E-state index in [1.54, 1.807) is 0 Å². The van der Waals surface area contributed by atoms with Crippen LogP contribution in [0, 0.1) is 0 Å². The molecule has 2 unspecified atom stereocenters. The Hall–Kier alpha value is -0.240.